The van der Waals surface area contributed by atoms with Crippen LogP contribution in [0.5, 0.6) is 0 Å². The Balaban J connectivity index is 0. The maximum atomic E-state index is 10.1. The van der Waals surface area contributed by atoms with Gasteiger partial charge in [-0.05, 0) is 12.2 Å². The average molecular weight is 220 g/mol. The first-order valence-corrected chi connectivity index (χ1v) is 4.70. The molecular weight excluding hydrogens is 211 g/mol. The number of thiocarbonyl (C=S) groups is 1. The van der Waals surface area contributed by atoms with Crippen molar-refractivity contribution >= 4 is 27.4 Å². The summed E-state index contributed by atoms with van der Waals surface area (Å²) in [5.74, 6) is -0.663. The van der Waals surface area contributed by atoms with Gasteiger partial charge in [-0.1, -0.05) is 0 Å². The second-order valence-electron chi connectivity index (χ2n) is 2.08. The smallest absolute Gasteiger partial charge is 0.747 e. The van der Waals surface area contributed by atoms with Crippen molar-refractivity contribution in [1.29, 1.82) is 0 Å². The average Bonchev–Trinajstić information content (AvgIpc) is 1.80. The SMILES string of the molecule is CN(C)C(=S)NCS(=O)(=O)[O-].[Na+]. The molecule has 0 aromatic rings. The first-order chi connectivity index (χ1) is 4.83. The van der Waals surface area contributed by atoms with Gasteiger partial charge in [0.25, 0.3) is 0 Å². The Morgan fingerprint density at radius 3 is 2.25 bits per heavy atom. The van der Waals surface area contributed by atoms with E-state index in [1.807, 2.05) is 0 Å². The van der Waals surface area contributed by atoms with Crippen LogP contribution in [0.2, 0.25) is 0 Å². The molecule has 0 aliphatic carbocycles. The van der Waals surface area contributed by atoms with Gasteiger partial charge in [-0.2, -0.15) is 0 Å². The molecule has 0 aromatic carbocycles. The Morgan fingerprint density at radius 1 is 1.58 bits per heavy atom. The molecule has 12 heavy (non-hydrogen) atoms. The topological polar surface area (TPSA) is 72.5 Å². The van der Waals surface area contributed by atoms with Gasteiger partial charge in [0.2, 0.25) is 0 Å². The summed E-state index contributed by atoms with van der Waals surface area (Å²) in [6.07, 6.45) is 0. The van der Waals surface area contributed by atoms with Crippen LogP contribution < -0.4 is 34.9 Å². The normalized spacial score (nSPS) is 9.92. The molecule has 0 spiro atoms. The van der Waals surface area contributed by atoms with Crippen LogP contribution in [0.1, 0.15) is 0 Å². The number of rotatable bonds is 2. The van der Waals surface area contributed by atoms with E-state index in [9.17, 15) is 13.0 Å². The van der Waals surface area contributed by atoms with Gasteiger partial charge in [-0.15, -0.1) is 0 Å². The standard InChI is InChI=1S/C4H10N2O3S2.Na/c1-6(2)4(10)5-3-11(7,8)9;/h3H2,1-2H3,(H,5,10)(H,7,8,9);/q;+1/p-1. The van der Waals surface area contributed by atoms with Crippen LogP contribution in [0.4, 0.5) is 0 Å². The van der Waals surface area contributed by atoms with Crippen LogP contribution in [0, 0.1) is 0 Å². The molecule has 0 fully saturated rings. The molecule has 0 rings (SSSR count). The van der Waals surface area contributed by atoms with Crippen molar-refractivity contribution < 1.29 is 42.5 Å². The fourth-order valence-electron chi connectivity index (χ4n) is 0.308. The van der Waals surface area contributed by atoms with Crippen LogP contribution in [0.15, 0.2) is 0 Å². The van der Waals surface area contributed by atoms with E-state index in [2.05, 4.69) is 17.5 Å². The van der Waals surface area contributed by atoms with Gasteiger partial charge >= 0.3 is 29.6 Å². The van der Waals surface area contributed by atoms with Gasteiger partial charge in [0.15, 0.2) is 5.11 Å². The first-order valence-electron chi connectivity index (χ1n) is 2.71. The molecule has 0 heterocycles. The molecule has 0 saturated heterocycles. The van der Waals surface area contributed by atoms with Gasteiger partial charge < -0.3 is 14.8 Å². The Labute approximate surface area is 99.5 Å². The first kappa shape index (κ1) is 15.1. The van der Waals surface area contributed by atoms with E-state index in [0.717, 1.165) is 0 Å². The zero-order valence-corrected chi connectivity index (χ0v) is 10.8. The minimum absolute atomic E-state index is 0. The maximum absolute atomic E-state index is 10.1. The van der Waals surface area contributed by atoms with E-state index in [1.165, 1.54) is 4.90 Å². The predicted molar refractivity (Wildman–Crippen MR) is 44.0 cm³/mol. The number of nitrogens with one attached hydrogen (secondary N) is 1. The van der Waals surface area contributed by atoms with E-state index in [-0.39, 0.29) is 34.7 Å². The summed E-state index contributed by atoms with van der Waals surface area (Å²) in [5, 5.41) is 2.51. The van der Waals surface area contributed by atoms with Crippen molar-refractivity contribution in [3.63, 3.8) is 0 Å². The molecule has 5 nitrogen and oxygen atoms in total. The van der Waals surface area contributed by atoms with Gasteiger partial charge in [0, 0.05) is 14.1 Å². The van der Waals surface area contributed by atoms with Crippen LogP contribution >= 0.6 is 12.2 Å². The molecule has 0 aliphatic rings. The summed E-state index contributed by atoms with van der Waals surface area (Å²) in [5.41, 5.74) is 0. The van der Waals surface area contributed by atoms with E-state index < -0.39 is 16.0 Å². The van der Waals surface area contributed by atoms with Crippen molar-refractivity contribution in [2.24, 2.45) is 0 Å². The number of nitrogens with zero attached hydrogens (tertiary/aromatic N) is 1. The van der Waals surface area contributed by atoms with Gasteiger partial charge in [-0.25, -0.2) is 8.42 Å². The third-order valence-electron chi connectivity index (χ3n) is 0.806. The zero-order chi connectivity index (χ0) is 9.07. The molecule has 0 aliphatic heterocycles. The van der Waals surface area contributed by atoms with E-state index >= 15 is 0 Å². The summed E-state index contributed by atoms with van der Waals surface area (Å²) >= 11 is 4.66. The quantitative estimate of drug-likeness (QED) is 0.290. The van der Waals surface area contributed by atoms with Crippen LogP contribution in [-0.2, 0) is 10.1 Å². The molecule has 66 valence electrons. The van der Waals surface area contributed by atoms with E-state index in [0.29, 0.717) is 0 Å². The Bertz CT molecular complexity index is 239. The summed E-state index contributed by atoms with van der Waals surface area (Å²) in [7, 11) is -0.937. The maximum Gasteiger partial charge on any atom is 1.00 e. The third-order valence-corrected chi connectivity index (χ3v) is 1.81. The van der Waals surface area contributed by atoms with E-state index in [1.54, 1.807) is 14.1 Å². The Kier molecular flexibility index (Phi) is 7.69. The van der Waals surface area contributed by atoms with Gasteiger partial charge in [0.05, 0.1) is 0 Å². The zero-order valence-electron chi connectivity index (χ0n) is 7.20. The number of hydrogen-bond acceptors (Lipinski definition) is 4. The largest absolute Gasteiger partial charge is 1.00 e. The van der Waals surface area contributed by atoms with Gasteiger partial charge in [0.1, 0.15) is 16.0 Å². The molecule has 0 amide bonds. The Morgan fingerprint density at radius 2 is 2.00 bits per heavy atom. The fraction of sp³-hybridized carbons (Fsp3) is 0.750. The third kappa shape index (κ3) is 8.69. The molecule has 1 N–H and O–H groups in total. The van der Waals surface area contributed by atoms with Crippen molar-refractivity contribution in [2.75, 3.05) is 20.0 Å². The van der Waals surface area contributed by atoms with Crippen molar-refractivity contribution in [3.8, 4) is 0 Å². The molecule has 0 aromatic heterocycles. The Hall–Kier alpha value is 0.600. The molecule has 0 atom stereocenters. The minimum atomic E-state index is -4.23. The molecule has 0 bridgehead atoms. The summed E-state index contributed by atoms with van der Waals surface area (Å²) in [4.78, 5) is 1.50. The summed E-state index contributed by atoms with van der Waals surface area (Å²) < 4.78 is 30.2. The second-order valence-corrected chi connectivity index (χ2v) is 3.87. The number of hydrogen-bond donors (Lipinski definition) is 1. The van der Waals surface area contributed by atoms with E-state index in [4.69, 9.17) is 0 Å². The van der Waals surface area contributed by atoms with Gasteiger partial charge in [-0.3, -0.25) is 0 Å². The molecule has 0 saturated carbocycles. The molecule has 8 heteroatoms. The fourth-order valence-corrected chi connectivity index (χ4v) is 0.785. The van der Waals surface area contributed by atoms with Crippen molar-refractivity contribution in [1.82, 2.24) is 10.2 Å². The second kappa shape index (κ2) is 6.11. The van der Waals surface area contributed by atoms with Crippen molar-refractivity contribution in [2.45, 2.75) is 0 Å². The monoisotopic (exact) mass is 220 g/mol. The van der Waals surface area contributed by atoms with Crippen LogP contribution in [-0.4, -0.2) is 43.0 Å². The molecule has 0 radical (unpaired) electrons. The van der Waals surface area contributed by atoms with Crippen LogP contribution in [0.3, 0.4) is 0 Å². The van der Waals surface area contributed by atoms with Crippen molar-refractivity contribution in [3.05, 3.63) is 0 Å². The predicted octanol–water partition coefficient (Wildman–Crippen LogP) is -4.07. The minimum Gasteiger partial charge on any atom is -0.747 e. The van der Waals surface area contributed by atoms with Crippen LogP contribution in [0.25, 0.3) is 0 Å². The molecular formula is C4H9N2NaO3S2. The summed E-state index contributed by atoms with van der Waals surface area (Å²) in [6.45, 7) is 0. The summed E-state index contributed by atoms with van der Waals surface area (Å²) in [6, 6.07) is 0. The molecule has 0 unspecified atom stereocenters.